The molecule has 0 aliphatic carbocycles. The number of hydrogen-bond donors (Lipinski definition) is 3. The average Bonchev–Trinajstić information content (AvgIpc) is 2.88. The predicted octanol–water partition coefficient (Wildman–Crippen LogP) is 3.66. The first-order valence-electron chi connectivity index (χ1n) is 11.4. The number of nitriles is 1. The molecule has 10 heteroatoms. The highest BCUT2D eigenvalue weighted by Crippen LogP contribution is 2.37. The van der Waals surface area contributed by atoms with Crippen molar-refractivity contribution < 1.29 is 13.6 Å². The highest BCUT2D eigenvalue weighted by Gasteiger charge is 2.17. The molecule has 4 rings (SSSR count). The molecule has 168 valence electrons. The zero-order chi connectivity index (χ0) is 26.4. The number of pyridine rings is 2. The number of carbonyl (C=O) groups is 1. The lowest BCUT2D eigenvalue weighted by Crippen LogP contribution is -2.19. The normalized spacial score (nSPS) is 11.8. The Balaban J connectivity index is 1.76. The van der Waals surface area contributed by atoms with Crippen LogP contribution in [0.1, 0.15) is 20.2 Å². The molecule has 0 aliphatic heterocycles. The van der Waals surface area contributed by atoms with Crippen LogP contribution in [-0.2, 0) is 0 Å². The van der Waals surface area contributed by atoms with Gasteiger partial charge in [-0.05, 0) is 24.3 Å². The van der Waals surface area contributed by atoms with Gasteiger partial charge in [-0.1, -0.05) is 12.1 Å². The maximum atomic E-state index is 12.8. The van der Waals surface area contributed by atoms with Crippen LogP contribution < -0.4 is 20.7 Å². The molecular weight excluding hydrogens is 432 g/mol. The van der Waals surface area contributed by atoms with E-state index in [9.17, 15) is 4.79 Å². The molecule has 0 spiro atoms. The Bertz CT molecular complexity index is 1470. The fourth-order valence-corrected chi connectivity index (χ4v) is 3.21. The molecule has 34 heavy (non-hydrogen) atoms. The Morgan fingerprint density at radius 2 is 1.94 bits per heavy atom. The fourth-order valence-electron chi connectivity index (χ4n) is 3.21. The third-order valence-electron chi connectivity index (χ3n) is 4.71. The van der Waals surface area contributed by atoms with Gasteiger partial charge in [-0.3, -0.25) is 14.8 Å². The van der Waals surface area contributed by atoms with Gasteiger partial charge in [0, 0.05) is 41.3 Å². The molecule has 0 aliphatic rings. The van der Waals surface area contributed by atoms with Crippen LogP contribution >= 0.6 is 0 Å². The molecular formula is C24H20N8O2. The third-order valence-corrected chi connectivity index (χ3v) is 4.71. The van der Waals surface area contributed by atoms with Gasteiger partial charge < -0.3 is 20.7 Å². The number of anilines is 4. The van der Waals surface area contributed by atoms with Crippen LogP contribution in [0.3, 0.4) is 0 Å². The Morgan fingerprint density at radius 1 is 1.06 bits per heavy atom. The maximum Gasteiger partial charge on any atom is 0.254 e. The van der Waals surface area contributed by atoms with Gasteiger partial charge in [0.05, 0.1) is 35.9 Å². The van der Waals surface area contributed by atoms with E-state index in [2.05, 4.69) is 30.6 Å². The number of nitrogens with zero attached hydrogens (tertiary/aromatic N) is 5. The lowest BCUT2D eigenvalue weighted by molar-refractivity contribution is 0.0963. The number of rotatable bonds is 7. The highest BCUT2D eigenvalue weighted by molar-refractivity contribution is 6.00. The first-order valence-corrected chi connectivity index (χ1v) is 9.94. The van der Waals surface area contributed by atoms with Crippen molar-refractivity contribution in [1.82, 2.24) is 25.3 Å². The van der Waals surface area contributed by atoms with Crippen molar-refractivity contribution in [2.45, 2.75) is 0 Å². The number of aromatic nitrogens is 4. The third kappa shape index (κ3) is 4.73. The Hall–Kier alpha value is -5.04. The van der Waals surface area contributed by atoms with Gasteiger partial charge in [0.15, 0.2) is 5.75 Å². The summed E-state index contributed by atoms with van der Waals surface area (Å²) in [6, 6.07) is 13.7. The molecule has 0 bridgehead atoms. The van der Waals surface area contributed by atoms with Crippen molar-refractivity contribution in [3.63, 3.8) is 0 Å². The van der Waals surface area contributed by atoms with Crippen LogP contribution in [0.2, 0.25) is 0 Å². The van der Waals surface area contributed by atoms with E-state index in [1.165, 1.54) is 19.4 Å². The van der Waals surface area contributed by atoms with Crippen molar-refractivity contribution in [2.75, 3.05) is 24.7 Å². The summed E-state index contributed by atoms with van der Waals surface area (Å²) in [5.41, 5.74) is 2.14. The van der Waals surface area contributed by atoms with Crippen LogP contribution in [0.5, 0.6) is 5.75 Å². The number of amides is 1. The first kappa shape index (κ1) is 18.5. The summed E-state index contributed by atoms with van der Waals surface area (Å²) in [6.07, 6.45) is 5.94. The monoisotopic (exact) mass is 455 g/mol. The van der Waals surface area contributed by atoms with Gasteiger partial charge in [-0.2, -0.15) is 5.26 Å². The van der Waals surface area contributed by atoms with E-state index in [0.717, 1.165) is 0 Å². The van der Waals surface area contributed by atoms with E-state index >= 15 is 0 Å². The van der Waals surface area contributed by atoms with Gasteiger partial charge in [0.1, 0.15) is 23.4 Å². The highest BCUT2D eigenvalue weighted by atomic mass is 16.5. The molecule has 0 atom stereocenters. The topological polar surface area (TPSA) is 138 Å². The number of para-hydroxylation sites is 1. The summed E-state index contributed by atoms with van der Waals surface area (Å²) >= 11 is 0. The van der Waals surface area contributed by atoms with Crippen molar-refractivity contribution in [3.05, 3.63) is 78.5 Å². The van der Waals surface area contributed by atoms with Crippen LogP contribution in [0.25, 0.3) is 11.3 Å². The SMILES string of the molecule is [2H]C([2H])([2H])NC(=O)c1cnc(Nc2cccc(C#N)n2)cc1Nc1cccc(-c2cnccn2)c1OC. The molecule has 0 saturated carbocycles. The second kappa shape index (κ2) is 10.1. The zero-order valence-corrected chi connectivity index (χ0v) is 17.9. The Kier molecular flexibility index (Phi) is 5.48. The van der Waals surface area contributed by atoms with E-state index in [1.54, 1.807) is 48.9 Å². The Labute approximate surface area is 199 Å². The molecule has 1 aromatic carbocycles. The largest absolute Gasteiger partial charge is 0.494 e. The number of hydrogen-bond acceptors (Lipinski definition) is 9. The summed E-state index contributed by atoms with van der Waals surface area (Å²) < 4.78 is 27.8. The van der Waals surface area contributed by atoms with Gasteiger partial charge in [-0.15, -0.1) is 0 Å². The van der Waals surface area contributed by atoms with E-state index in [1.807, 2.05) is 17.5 Å². The summed E-state index contributed by atoms with van der Waals surface area (Å²) in [7, 11) is 1.50. The maximum absolute atomic E-state index is 12.8. The predicted molar refractivity (Wildman–Crippen MR) is 127 cm³/mol. The number of nitrogens with one attached hydrogen (secondary N) is 3. The minimum absolute atomic E-state index is 0.0210. The summed E-state index contributed by atoms with van der Waals surface area (Å²) in [5, 5.41) is 17.2. The zero-order valence-electron chi connectivity index (χ0n) is 20.9. The second-order valence-corrected chi connectivity index (χ2v) is 6.82. The van der Waals surface area contributed by atoms with Crippen LogP contribution in [0, 0.1) is 11.3 Å². The lowest BCUT2D eigenvalue weighted by atomic mass is 10.1. The molecule has 0 radical (unpaired) electrons. The first-order chi connectivity index (χ1) is 17.8. The van der Waals surface area contributed by atoms with Gasteiger partial charge in [0.25, 0.3) is 5.91 Å². The molecule has 3 heterocycles. The van der Waals surface area contributed by atoms with Gasteiger partial charge >= 0.3 is 0 Å². The van der Waals surface area contributed by atoms with Crippen molar-refractivity contribution in [2.24, 2.45) is 0 Å². The molecule has 3 aromatic heterocycles. The van der Waals surface area contributed by atoms with Crippen LogP contribution in [0.4, 0.5) is 23.0 Å². The number of benzene rings is 1. The van der Waals surface area contributed by atoms with E-state index in [4.69, 9.17) is 14.1 Å². The lowest BCUT2D eigenvalue weighted by Gasteiger charge is -2.17. The van der Waals surface area contributed by atoms with E-state index in [0.29, 0.717) is 34.3 Å². The van der Waals surface area contributed by atoms with Crippen molar-refractivity contribution in [1.29, 1.82) is 5.26 Å². The van der Waals surface area contributed by atoms with Gasteiger partial charge in [0.2, 0.25) is 0 Å². The van der Waals surface area contributed by atoms with Crippen LogP contribution in [0.15, 0.2) is 67.3 Å². The number of carbonyl (C=O) groups excluding carboxylic acids is 1. The standard InChI is InChI=1S/C24H20N8O2/c1-26-24(33)17-13-29-22(32-21-8-3-5-15(12-25)30-21)11-19(17)31-18-7-4-6-16(23(18)34-2)20-14-27-9-10-28-20/h3-11,13-14H,1-2H3,(H,26,33)(H2,29,30,31,32)/i1D3. The Morgan fingerprint density at radius 3 is 2.71 bits per heavy atom. The molecule has 3 N–H and O–H groups in total. The molecule has 0 fully saturated rings. The second-order valence-electron chi connectivity index (χ2n) is 6.82. The van der Waals surface area contributed by atoms with Crippen LogP contribution in [-0.4, -0.2) is 39.9 Å². The summed E-state index contributed by atoms with van der Waals surface area (Å²) in [4.78, 5) is 29.6. The van der Waals surface area contributed by atoms with Crippen molar-refractivity contribution in [3.8, 4) is 23.1 Å². The minimum atomic E-state index is -2.70. The quantitative estimate of drug-likeness (QED) is 0.381. The van der Waals surface area contributed by atoms with Crippen molar-refractivity contribution >= 4 is 28.9 Å². The number of ether oxygens (including phenoxy) is 1. The van der Waals surface area contributed by atoms with Gasteiger partial charge in [-0.25, -0.2) is 9.97 Å². The molecule has 4 aromatic rings. The van der Waals surface area contributed by atoms with E-state index in [-0.39, 0.29) is 16.9 Å². The molecule has 10 nitrogen and oxygen atoms in total. The summed E-state index contributed by atoms with van der Waals surface area (Å²) in [5.74, 6) is 0.231. The molecule has 1 amide bonds. The van der Waals surface area contributed by atoms with E-state index < -0.39 is 12.9 Å². The molecule has 0 saturated heterocycles. The smallest absolute Gasteiger partial charge is 0.254 e. The summed E-state index contributed by atoms with van der Waals surface area (Å²) in [6.45, 7) is -2.70. The number of methoxy groups -OCH3 is 1. The fraction of sp³-hybridized carbons (Fsp3) is 0.0833. The average molecular weight is 455 g/mol. The minimum Gasteiger partial charge on any atom is -0.494 e. The molecule has 0 unspecified atom stereocenters.